The van der Waals surface area contributed by atoms with Crippen LogP contribution in [0.15, 0.2) is 48.5 Å². The summed E-state index contributed by atoms with van der Waals surface area (Å²) in [5, 5.41) is 21.0. The lowest BCUT2D eigenvalue weighted by atomic mass is 9.90. The first-order valence-electron chi connectivity index (χ1n) is 9.66. The van der Waals surface area contributed by atoms with Gasteiger partial charge in [-0.05, 0) is 34.6 Å². The molecule has 2 aromatic carbocycles. The summed E-state index contributed by atoms with van der Waals surface area (Å²) < 4.78 is 5.40. The molecule has 0 radical (unpaired) electrons. The second-order valence-electron chi connectivity index (χ2n) is 7.58. The van der Waals surface area contributed by atoms with E-state index in [1.807, 2.05) is 62.4 Å². The van der Waals surface area contributed by atoms with Crippen molar-refractivity contribution >= 4 is 12.1 Å². The van der Waals surface area contributed by atoms with Crippen molar-refractivity contribution in [3.8, 4) is 17.2 Å². The van der Waals surface area contributed by atoms with E-state index in [0.717, 1.165) is 22.3 Å². The molecule has 0 bridgehead atoms. The smallest absolute Gasteiger partial charge is 0.407 e. The molecule has 0 saturated heterocycles. The fourth-order valence-electron chi connectivity index (χ4n) is 3.73. The van der Waals surface area contributed by atoms with Crippen LogP contribution in [-0.4, -0.2) is 29.8 Å². The molecule has 2 N–H and O–H groups in total. The lowest BCUT2D eigenvalue weighted by Crippen LogP contribution is -2.43. The minimum Gasteiger partial charge on any atom is -0.480 e. The first-order chi connectivity index (χ1) is 13.9. The van der Waals surface area contributed by atoms with Gasteiger partial charge in [0.05, 0.1) is 12.0 Å². The number of nitrogens with one attached hydrogen (secondary N) is 1. The number of carbonyl (C=O) groups is 2. The molecular weight excluding hydrogens is 368 g/mol. The molecule has 1 aliphatic rings. The molecule has 2 aromatic rings. The van der Waals surface area contributed by atoms with E-state index in [1.165, 1.54) is 0 Å². The maximum absolute atomic E-state index is 12.3. The topological polar surface area (TPSA) is 99.4 Å². The van der Waals surface area contributed by atoms with Gasteiger partial charge in [-0.2, -0.15) is 5.26 Å². The van der Waals surface area contributed by atoms with Gasteiger partial charge < -0.3 is 15.2 Å². The molecule has 0 aliphatic heterocycles. The predicted octanol–water partition coefficient (Wildman–Crippen LogP) is 4.16. The monoisotopic (exact) mass is 392 g/mol. The molecule has 0 fully saturated rings. The van der Waals surface area contributed by atoms with Crippen molar-refractivity contribution in [2.45, 2.75) is 32.2 Å². The quantitative estimate of drug-likeness (QED) is 0.737. The predicted molar refractivity (Wildman–Crippen MR) is 108 cm³/mol. The Balaban J connectivity index is 1.67. The highest BCUT2D eigenvalue weighted by molar-refractivity contribution is 5.81. The number of nitrogens with zero attached hydrogens (tertiary/aromatic N) is 1. The average molecular weight is 392 g/mol. The summed E-state index contributed by atoms with van der Waals surface area (Å²) in [5.74, 6) is -1.76. The number of rotatable bonds is 7. The van der Waals surface area contributed by atoms with Gasteiger partial charge in [-0.15, -0.1) is 0 Å². The number of hydrogen-bond donors (Lipinski definition) is 2. The van der Waals surface area contributed by atoms with Crippen molar-refractivity contribution in [3.05, 3.63) is 59.7 Å². The zero-order valence-electron chi connectivity index (χ0n) is 16.5. The normalized spacial score (nSPS) is 14.4. The van der Waals surface area contributed by atoms with Crippen molar-refractivity contribution in [3.63, 3.8) is 0 Å². The molecule has 6 heteroatoms. The maximum atomic E-state index is 12.3. The van der Waals surface area contributed by atoms with Gasteiger partial charge in [-0.1, -0.05) is 62.4 Å². The molecule has 0 aromatic heterocycles. The Kier molecular flexibility index (Phi) is 6.18. The number of hydrogen-bond acceptors (Lipinski definition) is 4. The summed E-state index contributed by atoms with van der Waals surface area (Å²) in [6, 6.07) is 16.9. The molecule has 0 saturated carbocycles. The maximum Gasteiger partial charge on any atom is 0.407 e. The lowest BCUT2D eigenvalue weighted by molar-refractivity contribution is -0.139. The Morgan fingerprint density at radius 1 is 1.10 bits per heavy atom. The Morgan fingerprint density at radius 2 is 1.66 bits per heavy atom. The van der Waals surface area contributed by atoms with Crippen molar-refractivity contribution in [2.24, 2.45) is 11.8 Å². The Morgan fingerprint density at radius 3 is 2.14 bits per heavy atom. The van der Waals surface area contributed by atoms with E-state index in [0.29, 0.717) is 0 Å². The lowest BCUT2D eigenvalue weighted by Gasteiger charge is -2.20. The molecule has 0 spiro atoms. The number of nitriles is 1. The third-order valence-electron chi connectivity index (χ3n) is 5.39. The van der Waals surface area contributed by atoms with Crippen LogP contribution >= 0.6 is 0 Å². The molecular formula is C23H24N2O4. The van der Waals surface area contributed by atoms with Crippen LogP contribution in [0.25, 0.3) is 11.1 Å². The standard InChI is InChI=1S/C23H24N2O4/c1-14(2)15(12-24)11-21(22(26)27)25-23(28)29-13-20-18-9-5-3-7-16(18)17-8-4-6-10-19(17)20/h3-10,14-15,20-21H,11,13H2,1-2H3,(H,25,28)(H,26,27). The number of aliphatic carboxylic acids is 1. The number of carbonyl (C=O) groups excluding carboxylic acids is 1. The molecule has 1 aliphatic carbocycles. The molecule has 0 heterocycles. The summed E-state index contributed by atoms with van der Waals surface area (Å²) in [5.41, 5.74) is 4.41. The van der Waals surface area contributed by atoms with Gasteiger partial charge in [0, 0.05) is 5.92 Å². The number of carboxylic acid groups (broad SMARTS) is 1. The first kappa shape index (κ1) is 20.4. The third kappa shape index (κ3) is 4.40. The first-order valence-corrected chi connectivity index (χ1v) is 9.66. The van der Waals surface area contributed by atoms with E-state index in [2.05, 4.69) is 11.4 Å². The van der Waals surface area contributed by atoms with Crippen LogP contribution < -0.4 is 5.32 Å². The van der Waals surface area contributed by atoms with Gasteiger partial charge in [0.25, 0.3) is 0 Å². The summed E-state index contributed by atoms with van der Waals surface area (Å²) in [4.78, 5) is 23.8. The van der Waals surface area contributed by atoms with E-state index >= 15 is 0 Å². The van der Waals surface area contributed by atoms with E-state index < -0.39 is 24.0 Å². The molecule has 6 nitrogen and oxygen atoms in total. The SMILES string of the molecule is CC(C)C(C#N)CC(NC(=O)OCC1c2ccccc2-c2ccccc21)C(=O)O. The van der Waals surface area contributed by atoms with E-state index in [1.54, 1.807) is 0 Å². The number of benzene rings is 2. The molecule has 29 heavy (non-hydrogen) atoms. The van der Waals surface area contributed by atoms with Gasteiger partial charge >= 0.3 is 12.1 Å². The van der Waals surface area contributed by atoms with Crippen LogP contribution in [0.3, 0.4) is 0 Å². The Labute approximate surface area is 170 Å². The van der Waals surface area contributed by atoms with Gasteiger partial charge in [0.2, 0.25) is 0 Å². The van der Waals surface area contributed by atoms with Crippen LogP contribution in [0.5, 0.6) is 0 Å². The molecule has 2 atom stereocenters. The van der Waals surface area contributed by atoms with Gasteiger partial charge in [-0.3, -0.25) is 0 Å². The van der Waals surface area contributed by atoms with E-state index in [-0.39, 0.29) is 24.9 Å². The van der Waals surface area contributed by atoms with Crippen molar-refractivity contribution in [1.29, 1.82) is 5.26 Å². The number of fused-ring (bicyclic) bond motifs is 3. The second kappa shape index (κ2) is 8.78. The van der Waals surface area contributed by atoms with Crippen LogP contribution in [0.1, 0.15) is 37.3 Å². The highest BCUT2D eigenvalue weighted by Crippen LogP contribution is 2.44. The van der Waals surface area contributed by atoms with Gasteiger partial charge in [-0.25, -0.2) is 9.59 Å². The van der Waals surface area contributed by atoms with Crippen molar-refractivity contribution in [2.75, 3.05) is 6.61 Å². The molecule has 150 valence electrons. The summed E-state index contributed by atoms with van der Waals surface area (Å²) >= 11 is 0. The summed E-state index contributed by atoms with van der Waals surface area (Å²) in [6.45, 7) is 3.80. The fourth-order valence-corrected chi connectivity index (χ4v) is 3.73. The fraction of sp³-hybridized carbons (Fsp3) is 0.348. The summed E-state index contributed by atoms with van der Waals surface area (Å²) in [6.07, 6.45) is -0.757. The van der Waals surface area contributed by atoms with E-state index in [9.17, 15) is 20.0 Å². The number of carboxylic acids is 1. The van der Waals surface area contributed by atoms with Crippen LogP contribution in [0.2, 0.25) is 0 Å². The highest BCUT2D eigenvalue weighted by atomic mass is 16.5. The number of ether oxygens (including phenoxy) is 1. The zero-order chi connectivity index (χ0) is 21.0. The summed E-state index contributed by atoms with van der Waals surface area (Å²) in [7, 11) is 0. The number of alkyl carbamates (subject to hydrolysis) is 1. The van der Waals surface area contributed by atoms with Crippen molar-refractivity contribution in [1.82, 2.24) is 5.32 Å². The third-order valence-corrected chi connectivity index (χ3v) is 5.39. The minimum absolute atomic E-state index is 0.00818. The van der Waals surface area contributed by atoms with Gasteiger partial charge in [0.15, 0.2) is 0 Å². The highest BCUT2D eigenvalue weighted by Gasteiger charge is 2.30. The average Bonchev–Trinajstić information content (AvgIpc) is 3.03. The molecule has 3 rings (SSSR count). The van der Waals surface area contributed by atoms with E-state index in [4.69, 9.17) is 4.74 Å². The number of amides is 1. The Bertz CT molecular complexity index is 902. The van der Waals surface area contributed by atoms with Crippen molar-refractivity contribution < 1.29 is 19.4 Å². The molecule has 1 amide bonds. The zero-order valence-corrected chi connectivity index (χ0v) is 16.5. The minimum atomic E-state index is -1.18. The van der Waals surface area contributed by atoms with Crippen LogP contribution in [0.4, 0.5) is 4.79 Å². The Hall–Kier alpha value is -3.33. The second-order valence-corrected chi connectivity index (χ2v) is 7.58. The largest absolute Gasteiger partial charge is 0.480 e. The van der Waals surface area contributed by atoms with Gasteiger partial charge in [0.1, 0.15) is 12.6 Å². The van der Waals surface area contributed by atoms with Crippen LogP contribution in [-0.2, 0) is 9.53 Å². The van der Waals surface area contributed by atoms with Crippen LogP contribution in [0, 0.1) is 23.2 Å². The molecule has 2 unspecified atom stereocenters.